The van der Waals surface area contributed by atoms with Gasteiger partial charge in [-0.1, -0.05) is 37.3 Å². The van der Waals surface area contributed by atoms with Crippen molar-refractivity contribution in [2.75, 3.05) is 6.54 Å². The summed E-state index contributed by atoms with van der Waals surface area (Å²) >= 11 is 1.67. The molecule has 1 saturated carbocycles. The second kappa shape index (κ2) is 6.92. The van der Waals surface area contributed by atoms with Crippen LogP contribution in [-0.4, -0.2) is 23.5 Å². The first-order valence-corrected chi connectivity index (χ1v) is 8.69. The van der Waals surface area contributed by atoms with Crippen LogP contribution < -0.4 is 10.6 Å². The van der Waals surface area contributed by atoms with Gasteiger partial charge in [0.2, 0.25) is 0 Å². The van der Waals surface area contributed by atoms with Crippen LogP contribution in [0.1, 0.15) is 25.3 Å². The predicted octanol–water partition coefficient (Wildman–Crippen LogP) is 3.27. The Hall–Kier alpha value is -1.88. The van der Waals surface area contributed by atoms with Gasteiger partial charge in [0, 0.05) is 23.5 Å². The molecule has 2 aromatic rings. The number of aliphatic imine (C=N–C) groups is 1. The first-order chi connectivity index (χ1) is 10.8. The summed E-state index contributed by atoms with van der Waals surface area (Å²) in [5.41, 5.74) is 2.19. The van der Waals surface area contributed by atoms with Crippen LogP contribution in [0, 0.1) is 5.92 Å². The fraction of sp³-hybridized carbons (Fsp3) is 0.412. The summed E-state index contributed by atoms with van der Waals surface area (Å²) in [4.78, 5) is 9.33. The van der Waals surface area contributed by atoms with Gasteiger partial charge < -0.3 is 10.6 Å². The van der Waals surface area contributed by atoms with Gasteiger partial charge in [-0.3, -0.25) is 0 Å². The normalized spacial score (nSPS) is 20.7. The summed E-state index contributed by atoms with van der Waals surface area (Å²) in [6.45, 7) is 5.84. The van der Waals surface area contributed by atoms with E-state index in [9.17, 15) is 0 Å². The van der Waals surface area contributed by atoms with E-state index in [1.165, 1.54) is 6.42 Å². The highest BCUT2D eigenvalue weighted by Crippen LogP contribution is 2.28. The maximum absolute atomic E-state index is 4.68. The first kappa shape index (κ1) is 15.0. The molecule has 1 aliphatic rings. The average Bonchev–Trinajstić information content (AvgIpc) is 3.03. The molecule has 0 bridgehead atoms. The van der Waals surface area contributed by atoms with E-state index >= 15 is 0 Å². The van der Waals surface area contributed by atoms with Crippen LogP contribution in [0.25, 0.3) is 11.3 Å². The molecule has 22 heavy (non-hydrogen) atoms. The second-order valence-corrected chi connectivity index (χ2v) is 6.59. The summed E-state index contributed by atoms with van der Waals surface area (Å²) in [7, 11) is 0. The van der Waals surface area contributed by atoms with Crippen molar-refractivity contribution in [1.82, 2.24) is 15.6 Å². The van der Waals surface area contributed by atoms with Crippen molar-refractivity contribution >= 4 is 17.3 Å². The molecule has 1 heterocycles. The molecule has 116 valence electrons. The topological polar surface area (TPSA) is 49.3 Å². The molecule has 3 rings (SSSR count). The molecule has 2 unspecified atom stereocenters. The molecule has 2 N–H and O–H groups in total. The third-order valence-corrected chi connectivity index (χ3v) is 4.60. The van der Waals surface area contributed by atoms with Gasteiger partial charge in [-0.05, 0) is 19.3 Å². The number of aromatic nitrogens is 1. The van der Waals surface area contributed by atoms with Crippen molar-refractivity contribution in [2.45, 2.75) is 32.9 Å². The first-order valence-electron chi connectivity index (χ1n) is 7.81. The van der Waals surface area contributed by atoms with Gasteiger partial charge in [0.25, 0.3) is 0 Å². The van der Waals surface area contributed by atoms with Crippen LogP contribution in [0.4, 0.5) is 0 Å². The fourth-order valence-electron chi connectivity index (χ4n) is 2.29. The number of nitrogens with one attached hydrogen (secondary N) is 2. The number of hydrogen-bond acceptors (Lipinski definition) is 3. The van der Waals surface area contributed by atoms with Gasteiger partial charge in [-0.2, -0.15) is 0 Å². The standard InChI is InChI=1S/C17H22N4S/c1-3-18-17(21-14-9-12(14)2)19-10-16-20-15(11-22-16)13-7-5-4-6-8-13/h4-8,11-12,14H,3,9-10H2,1-2H3,(H2,18,19,21). The quantitative estimate of drug-likeness (QED) is 0.658. The van der Waals surface area contributed by atoms with E-state index in [-0.39, 0.29) is 0 Å². The van der Waals surface area contributed by atoms with E-state index < -0.39 is 0 Å². The molecular formula is C17H22N4S. The Morgan fingerprint density at radius 2 is 2.14 bits per heavy atom. The third-order valence-electron chi connectivity index (χ3n) is 3.77. The molecule has 4 nitrogen and oxygen atoms in total. The minimum atomic E-state index is 0.578. The summed E-state index contributed by atoms with van der Waals surface area (Å²) in [5.74, 6) is 1.65. The Morgan fingerprint density at radius 1 is 1.36 bits per heavy atom. The molecule has 1 fully saturated rings. The SMILES string of the molecule is CCNC(=NCc1nc(-c2ccccc2)cs1)NC1CC1C. The molecule has 2 atom stereocenters. The Labute approximate surface area is 135 Å². The zero-order chi connectivity index (χ0) is 15.4. The zero-order valence-electron chi connectivity index (χ0n) is 13.0. The van der Waals surface area contributed by atoms with Crippen LogP contribution in [0.2, 0.25) is 0 Å². The molecule has 1 aromatic heterocycles. The summed E-state index contributed by atoms with van der Waals surface area (Å²) < 4.78 is 0. The number of guanidine groups is 1. The minimum Gasteiger partial charge on any atom is -0.357 e. The molecular weight excluding hydrogens is 292 g/mol. The molecule has 0 saturated heterocycles. The van der Waals surface area contributed by atoms with Crippen molar-refractivity contribution in [2.24, 2.45) is 10.9 Å². The van der Waals surface area contributed by atoms with Gasteiger partial charge in [0.15, 0.2) is 5.96 Å². The van der Waals surface area contributed by atoms with E-state index in [0.29, 0.717) is 12.6 Å². The smallest absolute Gasteiger partial charge is 0.191 e. The number of rotatable bonds is 5. The lowest BCUT2D eigenvalue weighted by Gasteiger charge is -2.10. The number of hydrogen-bond donors (Lipinski definition) is 2. The molecule has 0 radical (unpaired) electrons. The molecule has 1 aliphatic carbocycles. The highest BCUT2D eigenvalue weighted by Gasteiger charge is 2.33. The Kier molecular flexibility index (Phi) is 4.73. The molecule has 0 spiro atoms. The fourth-order valence-corrected chi connectivity index (χ4v) is 3.02. The second-order valence-electron chi connectivity index (χ2n) is 5.65. The van der Waals surface area contributed by atoms with E-state index in [0.717, 1.165) is 34.7 Å². The largest absolute Gasteiger partial charge is 0.357 e. The molecule has 5 heteroatoms. The van der Waals surface area contributed by atoms with E-state index in [2.05, 4.69) is 52.0 Å². The number of thiazole rings is 1. The number of nitrogens with zero attached hydrogens (tertiary/aromatic N) is 2. The molecule has 0 amide bonds. The number of benzene rings is 1. The lowest BCUT2D eigenvalue weighted by molar-refractivity contribution is 0.766. The van der Waals surface area contributed by atoms with Gasteiger partial charge in [-0.25, -0.2) is 9.98 Å². The molecule has 0 aliphatic heterocycles. The van der Waals surface area contributed by atoms with Crippen molar-refractivity contribution < 1.29 is 0 Å². The summed E-state index contributed by atoms with van der Waals surface area (Å²) in [6.07, 6.45) is 1.24. The predicted molar refractivity (Wildman–Crippen MR) is 93.1 cm³/mol. The third kappa shape index (κ3) is 3.85. The molecule has 1 aromatic carbocycles. The van der Waals surface area contributed by atoms with Crippen LogP contribution >= 0.6 is 11.3 Å². The van der Waals surface area contributed by atoms with Gasteiger partial charge in [0.05, 0.1) is 12.2 Å². The lowest BCUT2D eigenvalue weighted by atomic mass is 10.2. The monoisotopic (exact) mass is 314 g/mol. The highest BCUT2D eigenvalue weighted by atomic mass is 32.1. The van der Waals surface area contributed by atoms with Crippen LogP contribution in [0.3, 0.4) is 0 Å². The van der Waals surface area contributed by atoms with Crippen LogP contribution in [0.5, 0.6) is 0 Å². The van der Waals surface area contributed by atoms with Crippen molar-refractivity contribution in [1.29, 1.82) is 0 Å². The maximum atomic E-state index is 4.68. The Morgan fingerprint density at radius 3 is 2.82 bits per heavy atom. The van der Waals surface area contributed by atoms with Crippen molar-refractivity contribution in [3.05, 3.63) is 40.7 Å². The van der Waals surface area contributed by atoms with E-state index in [1.54, 1.807) is 11.3 Å². The maximum Gasteiger partial charge on any atom is 0.191 e. The van der Waals surface area contributed by atoms with Crippen molar-refractivity contribution in [3.63, 3.8) is 0 Å². The highest BCUT2D eigenvalue weighted by molar-refractivity contribution is 7.09. The summed E-state index contributed by atoms with van der Waals surface area (Å²) in [5, 5.41) is 9.91. The van der Waals surface area contributed by atoms with Crippen LogP contribution in [0.15, 0.2) is 40.7 Å². The minimum absolute atomic E-state index is 0.578. The van der Waals surface area contributed by atoms with Gasteiger partial charge >= 0.3 is 0 Å². The van der Waals surface area contributed by atoms with Gasteiger partial charge in [0.1, 0.15) is 5.01 Å². The van der Waals surface area contributed by atoms with Crippen LogP contribution in [-0.2, 0) is 6.54 Å². The Bertz CT molecular complexity index is 635. The summed E-state index contributed by atoms with van der Waals surface area (Å²) in [6, 6.07) is 10.8. The Balaban J connectivity index is 1.64. The van der Waals surface area contributed by atoms with Gasteiger partial charge in [-0.15, -0.1) is 11.3 Å². The average molecular weight is 314 g/mol. The van der Waals surface area contributed by atoms with Crippen molar-refractivity contribution in [3.8, 4) is 11.3 Å². The van der Waals surface area contributed by atoms with E-state index in [1.807, 2.05) is 18.2 Å². The van der Waals surface area contributed by atoms with E-state index in [4.69, 9.17) is 0 Å². The lowest BCUT2D eigenvalue weighted by Crippen LogP contribution is -2.39. The zero-order valence-corrected chi connectivity index (χ0v) is 13.9.